The first-order valence-electron chi connectivity index (χ1n) is 6.82. The van der Waals surface area contributed by atoms with Crippen molar-refractivity contribution in [3.8, 4) is 10.8 Å². The first-order chi connectivity index (χ1) is 11.2. The van der Waals surface area contributed by atoms with Crippen LogP contribution in [0.4, 0.5) is 0 Å². The third-order valence-electron chi connectivity index (χ3n) is 3.44. The summed E-state index contributed by atoms with van der Waals surface area (Å²) in [6, 6.07) is 7.51. The highest BCUT2D eigenvalue weighted by atomic mass is 35.5. The van der Waals surface area contributed by atoms with E-state index in [-0.39, 0.29) is 5.91 Å². The molecule has 3 heterocycles. The zero-order valence-electron chi connectivity index (χ0n) is 11.6. The minimum absolute atomic E-state index is 0.209. The van der Waals surface area contributed by atoms with Gasteiger partial charge < -0.3 is 4.42 Å². The number of thiazole rings is 1. The number of rotatable bonds is 3. The van der Waals surface area contributed by atoms with Crippen LogP contribution in [-0.2, 0) is 11.2 Å². The van der Waals surface area contributed by atoms with E-state index in [9.17, 15) is 4.79 Å². The number of hydrogen-bond acceptors (Lipinski definition) is 6. The molecule has 6 nitrogen and oxygen atoms in total. The summed E-state index contributed by atoms with van der Waals surface area (Å²) in [6.07, 6.45) is 2.19. The molecule has 8 heteroatoms. The van der Waals surface area contributed by atoms with Crippen LogP contribution in [0.25, 0.3) is 16.8 Å². The van der Waals surface area contributed by atoms with Crippen molar-refractivity contribution in [1.29, 1.82) is 0 Å². The maximum absolute atomic E-state index is 12.1. The number of hydrogen-bond donors (Lipinski definition) is 0. The van der Waals surface area contributed by atoms with Crippen LogP contribution in [0.5, 0.6) is 0 Å². The largest absolute Gasteiger partial charge is 0.420 e. The molecule has 1 aromatic carbocycles. The lowest BCUT2D eigenvalue weighted by Crippen LogP contribution is -2.34. The fraction of sp³-hybridized carbons (Fsp3) is 0.133. The number of amides is 1. The highest BCUT2D eigenvalue weighted by Gasteiger charge is 2.22. The zero-order chi connectivity index (χ0) is 15.8. The van der Waals surface area contributed by atoms with E-state index in [0.717, 1.165) is 5.22 Å². The molecule has 1 amide bonds. The molecular formula is C15H9ClN4O2S. The van der Waals surface area contributed by atoms with E-state index in [1.54, 1.807) is 5.51 Å². The molecule has 114 valence electrons. The molecule has 4 rings (SSSR count). The Kier molecular flexibility index (Phi) is 3.51. The summed E-state index contributed by atoms with van der Waals surface area (Å²) in [6.45, 7) is 0. The first kappa shape index (κ1) is 14.2. The van der Waals surface area contributed by atoms with E-state index >= 15 is 0 Å². The maximum atomic E-state index is 12.1. The number of halogens is 1. The fourth-order valence-corrected chi connectivity index (χ4v) is 3.27. The van der Waals surface area contributed by atoms with Gasteiger partial charge in [-0.15, -0.1) is 21.5 Å². The van der Waals surface area contributed by atoms with Gasteiger partial charge in [0.15, 0.2) is 5.15 Å². The molecule has 0 saturated carbocycles. The van der Waals surface area contributed by atoms with Gasteiger partial charge in [0.2, 0.25) is 5.89 Å². The lowest BCUT2D eigenvalue weighted by molar-refractivity contribution is -0.120. The van der Waals surface area contributed by atoms with Crippen molar-refractivity contribution in [2.45, 2.75) is 6.42 Å². The van der Waals surface area contributed by atoms with Crippen molar-refractivity contribution in [3.05, 3.63) is 51.4 Å². The van der Waals surface area contributed by atoms with Gasteiger partial charge in [-0.05, 0) is 11.3 Å². The monoisotopic (exact) mass is 344 g/mol. The van der Waals surface area contributed by atoms with Crippen molar-refractivity contribution < 1.29 is 9.21 Å². The Balaban J connectivity index is 1.62. The van der Waals surface area contributed by atoms with Crippen LogP contribution in [0.15, 0.2) is 39.2 Å². The number of aromatic nitrogens is 3. The molecule has 1 aliphatic rings. The molecule has 3 aromatic rings. The van der Waals surface area contributed by atoms with Gasteiger partial charge in [0.1, 0.15) is 4.88 Å². The van der Waals surface area contributed by atoms with Crippen molar-refractivity contribution in [3.63, 3.8) is 0 Å². The number of para-hydroxylation sites is 1. The average Bonchev–Trinajstić information content (AvgIpc) is 3.16. The van der Waals surface area contributed by atoms with Gasteiger partial charge in [-0.1, -0.05) is 35.9 Å². The Labute approximate surface area is 139 Å². The molecule has 1 unspecified atom stereocenters. The molecule has 0 bridgehead atoms. The highest BCUT2D eigenvalue weighted by Crippen LogP contribution is 2.30. The normalized spacial score (nSPS) is 16.6. The second-order valence-corrected chi connectivity index (χ2v) is 6.17. The van der Waals surface area contributed by atoms with Gasteiger partial charge in [-0.3, -0.25) is 4.79 Å². The average molecular weight is 345 g/mol. The van der Waals surface area contributed by atoms with Crippen molar-refractivity contribution in [2.24, 2.45) is 10.9 Å². The van der Waals surface area contributed by atoms with Crippen LogP contribution < -0.4 is 10.6 Å². The summed E-state index contributed by atoms with van der Waals surface area (Å²) in [5.74, 6) is 0.0659. The van der Waals surface area contributed by atoms with Gasteiger partial charge in [0.05, 0.1) is 16.8 Å². The molecule has 23 heavy (non-hydrogen) atoms. The predicted molar refractivity (Wildman–Crippen MR) is 84.3 cm³/mol. The van der Waals surface area contributed by atoms with E-state index in [2.05, 4.69) is 20.2 Å². The Morgan fingerprint density at radius 1 is 1.26 bits per heavy atom. The summed E-state index contributed by atoms with van der Waals surface area (Å²) in [5.41, 5.74) is 1.61. The lowest BCUT2D eigenvalue weighted by atomic mass is 10.0. The minimum atomic E-state index is -0.407. The quantitative estimate of drug-likeness (QED) is 0.721. The van der Waals surface area contributed by atoms with E-state index in [1.807, 2.05) is 30.3 Å². The molecule has 2 aromatic heterocycles. The smallest absolute Gasteiger partial charge is 0.260 e. The van der Waals surface area contributed by atoms with Crippen LogP contribution in [-0.4, -0.2) is 21.1 Å². The van der Waals surface area contributed by atoms with Gasteiger partial charge in [0, 0.05) is 6.42 Å². The summed E-state index contributed by atoms with van der Waals surface area (Å²) in [4.78, 5) is 20.8. The van der Waals surface area contributed by atoms with Crippen molar-refractivity contribution in [2.75, 3.05) is 0 Å². The number of benzene rings is 1. The number of carbonyl (C=O) groups excluding carboxylic acids is 1. The summed E-state index contributed by atoms with van der Waals surface area (Å²) >= 11 is 7.27. The summed E-state index contributed by atoms with van der Waals surface area (Å²) in [5, 5.41) is 9.91. The summed E-state index contributed by atoms with van der Waals surface area (Å²) < 4.78 is 5.60. The van der Waals surface area contributed by atoms with Gasteiger partial charge >= 0.3 is 0 Å². The van der Waals surface area contributed by atoms with Gasteiger partial charge in [0.25, 0.3) is 11.8 Å². The zero-order valence-corrected chi connectivity index (χ0v) is 13.2. The van der Waals surface area contributed by atoms with Gasteiger partial charge in [-0.2, -0.15) is 0 Å². The second-order valence-electron chi connectivity index (χ2n) is 4.96. The molecule has 0 N–H and O–H groups in total. The predicted octanol–water partition coefficient (Wildman–Crippen LogP) is 1.65. The van der Waals surface area contributed by atoms with Crippen LogP contribution >= 0.6 is 22.9 Å². The van der Waals surface area contributed by atoms with E-state index in [4.69, 9.17) is 16.0 Å². The van der Waals surface area contributed by atoms with E-state index in [0.29, 0.717) is 33.6 Å². The Hall–Kier alpha value is -2.38. The first-order valence-corrected chi connectivity index (χ1v) is 8.07. The third-order valence-corrected chi connectivity index (χ3v) is 4.66. The van der Waals surface area contributed by atoms with Gasteiger partial charge in [-0.25, -0.2) is 9.98 Å². The number of fused-ring (bicyclic) bond motifs is 1. The minimum Gasteiger partial charge on any atom is -0.420 e. The van der Waals surface area contributed by atoms with Crippen LogP contribution in [0.3, 0.4) is 0 Å². The van der Waals surface area contributed by atoms with E-state index < -0.39 is 5.92 Å². The van der Waals surface area contributed by atoms with Crippen LogP contribution in [0, 0.1) is 5.92 Å². The van der Waals surface area contributed by atoms with Crippen LogP contribution in [0.1, 0.15) is 5.89 Å². The molecule has 0 saturated heterocycles. The molecule has 0 radical (unpaired) electrons. The van der Waals surface area contributed by atoms with Crippen LogP contribution in [0.2, 0.25) is 5.15 Å². The topological polar surface area (TPSA) is 81.2 Å². The number of carbonyl (C=O) groups is 1. The third kappa shape index (κ3) is 2.69. The second kappa shape index (κ2) is 5.68. The Bertz CT molecular complexity index is 1010. The van der Waals surface area contributed by atoms with Crippen molar-refractivity contribution in [1.82, 2.24) is 15.2 Å². The molecular weight excluding hydrogens is 336 g/mol. The molecule has 1 aliphatic heterocycles. The Morgan fingerprint density at radius 2 is 2.13 bits per heavy atom. The fourth-order valence-electron chi connectivity index (χ4n) is 2.35. The van der Waals surface area contributed by atoms with E-state index in [1.165, 1.54) is 11.3 Å². The number of nitrogens with zero attached hydrogens (tertiary/aromatic N) is 4. The standard InChI is InChI=1S/C15H9ClN4O2S/c16-13-12(23-7-17-13)15-20-19-11(22-15)6-9-5-8-3-1-2-4-10(8)18-14(9)21/h1-5,7,9H,6H2. The summed E-state index contributed by atoms with van der Waals surface area (Å²) in [7, 11) is 0. The SMILES string of the molecule is O=C1N=c2ccccc2=CC1Cc1nnc(-c2scnc2Cl)o1. The molecule has 1 atom stereocenters. The molecule has 0 fully saturated rings. The Morgan fingerprint density at radius 3 is 2.96 bits per heavy atom. The van der Waals surface area contributed by atoms with Crippen molar-refractivity contribution >= 4 is 34.9 Å². The lowest BCUT2D eigenvalue weighted by Gasteiger charge is -2.09. The maximum Gasteiger partial charge on any atom is 0.260 e. The highest BCUT2D eigenvalue weighted by molar-refractivity contribution is 7.13. The molecule has 0 spiro atoms. The molecule has 0 aliphatic carbocycles.